The smallest absolute Gasteiger partial charge is 0.0701 e. The van der Waals surface area contributed by atoms with Gasteiger partial charge in [-0.2, -0.15) is 0 Å². The topological polar surface area (TPSA) is 196 Å². The van der Waals surface area contributed by atoms with E-state index in [1.54, 1.807) is 0 Å². The standard InChI is InChI=1S/C48H98O20/c1-2-3-4-5-6-7-8-9-11-50-13-15-52-17-19-54-21-23-56-25-27-58-29-31-60-33-35-62-37-39-64-41-43-66-45-47-68-48-46-67-44-42-65-40-38-63-36-34-61-32-30-59-28-26-57-24-22-55-20-18-53-16-14-51-12-10-49/h49H,2-48H2,1H3. The third-order valence-corrected chi connectivity index (χ3v) is 9.07. The van der Waals surface area contributed by atoms with Crippen LogP contribution in [0.4, 0.5) is 0 Å². The Labute approximate surface area is 410 Å². The highest BCUT2D eigenvalue weighted by atomic mass is 16.6. The molecule has 0 saturated heterocycles. The number of unbranched alkanes of at least 4 members (excludes halogenated alkanes) is 7. The summed E-state index contributed by atoms with van der Waals surface area (Å²) in [6.45, 7) is 21.8. The first-order chi connectivity index (χ1) is 33.9. The third kappa shape index (κ3) is 65.2. The average Bonchev–Trinajstić information content (AvgIpc) is 3.35. The number of aliphatic hydroxyl groups is 1. The maximum atomic E-state index is 8.60. The molecule has 0 aromatic rings. The number of hydrogen-bond acceptors (Lipinski definition) is 20. The van der Waals surface area contributed by atoms with E-state index in [2.05, 4.69) is 6.92 Å². The second-order valence-electron chi connectivity index (χ2n) is 14.8. The average molecular weight is 995 g/mol. The van der Waals surface area contributed by atoms with Crippen molar-refractivity contribution in [2.45, 2.75) is 58.3 Å². The normalized spacial score (nSPS) is 11.7. The Morgan fingerprint density at radius 2 is 0.294 bits per heavy atom. The predicted molar refractivity (Wildman–Crippen MR) is 255 cm³/mol. The van der Waals surface area contributed by atoms with Crippen LogP contribution in [0.25, 0.3) is 0 Å². The van der Waals surface area contributed by atoms with E-state index < -0.39 is 0 Å². The Morgan fingerprint density at radius 1 is 0.162 bits per heavy atom. The molecular formula is C48H98O20. The van der Waals surface area contributed by atoms with Gasteiger partial charge in [0.25, 0.3) is 0 Å². The fraction of sp³-hybridized carbons (Fsp3) is 1.00. The Bertz CT molecular complexity index is 791. The molecule has 0 aliphatic heterocycles. The Hall–Kier alpha value is -0.800. The first kappa shape index (κ1) is 67.2. The molecule has 20 nitrogen and oxygen atoms in total. The molecule has 0 aliphatic rings. The minimum atomic E-state index is 0.0207. The monoisotopic (exact) mass is 995 g/mol. The Morgan fingerprint density at radius 3 is 0.456 bits per heavy atom. The van der Waals surface area contributed by atoms with Crippen LogP contribution in [0.3, 0.4) is 0 Å². The zero-order chi connectivity index (χ0) is 48.7. The van der Waals surface area contributed by atoms with Gasteiger partial charge in [0.15, 0.2) is 0 Å². The van der Waals surface area contributed by atoms with E-state index in [9.17, 15) is 0 Å². The third-order valence-electron chi connectivity index (χ3n) is 9.07. The molecule has 410 valence electrons. The molecule has 0 radical (unpaired) electrons. The zero-order valence-corrected chi connectivity index (χ0v) is 42.4. The summed E-state index contributed by atoms with van der Waals surface area (Å²) in [7, 11) is 0. The van der Waals surface area contributed by atoms with E-state index in [4.69, 9.17) is 95.1 Å². The summed E-state index contributed by atoms with van der Waals surface area (Å²) < 4.78 is 104. The van der Waals surface area contributed by atoms with Crippen molar-refractivity contribution in [3.05, 3.63) is 0 Å². The molecule has 68 heavy (non-hydrogen) atoms. The maximum absolute atomic E-state index is 8.60. The van der Waals surface area contributed by atoms with Crippen LogP contribution in [0.1, 0.15) is 58.3 Å². The van der Waals surface area contributed by atoms with E-state index in [0.29, 0.717) is 244 Å². The molecule has 20 heteroatoms. The lowest BCUT2D eigenvalue weighted by atomic mass is 10.1. The molecular weight excluding hydrogens is 897 g/mol. The van der Waals surface area contributed by atoms with Crippen molar-refractivity contribution in [2.75, 3.05) is 258 Å². The van der Waals surface area contributed by atoms with Crippen LogP contribution in [0.5, 0.6) is 0 Å². The van der Waals surface area contributed by atoms with Crippen LogP contribution in [0.2, 0.25) is 0 Å². The Balaban J connectivity index is 3.07. The molecule has 0 rings (SSSR count). The van der Waals surface area contributed by atoms with Crippen LogP contribution in [0, 0.1) is 0 Å². The minimum Gasteiger partial charge on any atom is -0.394 e. The lowest BCUT2D eigenvalue weighted by molar-refractivity contribution is -0.0313. The van der Waals surface area contributed by atoms with Gasteiger partial charge in [-0.3, -0.25) is 0 Å². The molecule has 0 heterocycles. The fourth-order valence-electron chi connectivity index (χ4n) is 5.46. The maximum Gasteiger partial charge on any atom is 0.0701 e. The molecule has 0 aliphatic carbocycles. The molecule has 0 bridgehead atoms. The molecule has 0 aromatic heterocycles. The first-order valence-electron chi connectivity index (χ1n) is 25.5. The number of rotatable bonds is 65. The molecule has 0 aromatic carbocycles. The van der Waals surface area contributed by atoms with Crippen molar-refractivity contribution < 1.29 is 95.1 Å². The van der Waals surface area contributed by atoms with E-state index in [1.807, 2.05) is 0 Å². The van der Waals surface area contributed by atoms with Crippen molar-refractivity contribution in [1.82, 2.24) is 0 Å². The summed E-state index contributed by atoms with van der Waals surface area (Å²) in [5.74, 6) is 0. The summed E-state index contributed by atoms with van der Waals surface area (Å²) in [6, 6.07) is 0. The molecule has 1 N–H and O–H groups in total. The Kier molecular flexibility index (Phi) is 65.4. The number of ether oxygens (including phenoxy) is 19. The van der Waals surface area contributed by atoms with E-state index in [1.165, 1.54) is 44.9 Å². The lowest BCUT2D eigenvalue weighted by Crippen LogP contribution is -2.16. The quantitative estimate of drug-likeness (QED) is 0.0870. The highest BCUT2D eigenvalue weighted by molar-refractivity contribution is 4.47. The second kappa shape index (κ2) is 66.2. The van der Waals surface area contributed by atoms with Gasteiger partial charge in [0, 0.05) is 6.61 Å². The van der Waals surface area contributed by atoms with Gasteiger partial charge in [-0.05, 0) is 6.42 Å². The van der Waals surface area contributed by atoms with E-state index >= 15 is 0 Å². The predicted octanol–water partition coefficient (Wildman–Crippen LogP) is 3.43. The highest BCUT2D eigenvalue weighted by Gasteiger charge is 1.99. The fourth-order valence-corrected chi connectivity index (χ4v) is 5.46. The van der Waals surface area contributed by atoms with Gasteiger partial charge >= 0.3 is 0 Å². The van der Waals surface area contributed by atoms with Crippen molar-refractivity contribution >= 4 is 0 Å². The summed E-state index contributed by atoms with van der Waals surface area (Å²) in [5, 5.41) is 8.60. The first-order valence-corrected chi connectivity index (χ1v) is 25.5. The minimum absolute atomic E-state index is 0.0207. The van der Waals surface area contributed by atoms with Crippen LogP contribution < -0.4 is 0 Å². The van der Waals surface area contributed by atoms with Crippen LogP contribution in [-0.2, 0) is 90.0 Å². The highest BCUT2D eigenvalue weighted by Crippen LogP contribution is 2.08. The molecule has 0 fully saturated rings. The van der Waals surface area contributed by atoms with Crippen molar-refractivity contribution in [3.8, 4) is 0 Å². The van der Waals surface area contributed by atoms with Crippen LogP contribution >= 0.6 is 0 Å². The van der Waals surface area contributed by atoms with Crippen LogP contribution in [-0.4, -0.2) is 263 Å². The number of hydrogen-bond donors (Lipinski definition) is 1. The molecule has 0 spiro atoms. The molecule has 0 amide bonds. The zero-order valence-electron chi connectivity index (χ0n) is 42.4. The number of aliphatic hydroxyl groups excluding tert-OH is 1. The second-order valence-corrected chi connectivity index (χ2v) is 14.8. The summed E-state index contributed by atoms with van der Waals surface area (Å²) in [4.78, 5) is 0. The van der Waals surface area contributed by atoms with Gasteiger partial charge in [0.05, 0.1) is 251 Å². The molecule has 0 atom stereocenters. The molecule has 0 unspecified atom stereocenters. The lowest BCUT2D eigenvalue weighted by Gasteiger charge is -2.09. The van der Waals surface area contributed by atoms with Crippen molar-refractivity contribution in [1.29, 1.82) is 0 Å². The van der Waals surface area contributed by atoms with Gasteiger partial charge in [0.2, 0.25) is 0 Å². The molecule has 0 saturated carbocycles. The van der Waals surface area contributed by atoms with Crippen LogP contribution in [0.15, 0.2) is 0 Å². The van der Waals surface area contributed by atoms with Gasteiger partial charge in [0.1, 0.15) is 0 Å². The summed E-state index contributed by atoms with van der Waals surface area (Å²) in [6.07, 6.45) is 10.5. The van der Waals surface area contributed by atoms with Gasteiger partial charge in [-0.15, -0.1) is 0 Å². The largest absolute Gasteiger partial charge is 0.394 e. The van der Waals surface area contributed by atoms with E-state index in [0.717, 1.165) is 13.0 Å². The summed E-state index contributed by atoms with van der Waals surface area (Å²) >= 11 is 0. The van der Waals surface area contributed by atoms with Gasteiger partial charge < -0.3 is 95.1 Å². The van der Waals surface area contributed by atoms with Crippen molar-refractivity contribution in [2.24, 2.45) is 0 Å². The van der Waals surface area contributed by atoms with Crippen molar-refractivity contribution in [3.63, 3.8) is 0 Å². The van der Waals surface area contributed by atoms with E-state index in [-0.39, 0.29) is 6.61 Å². The van der Waals surface area contributed by atoms with Gasteiger partial charge in [-0.25, -0.2) is 0 Å². The SMILES string of the molecule is CCCCCCCCCCOCCOCCOCCOCCOCCOCCOCCOCCOCCOCCOCCOCCOCCOCCOCCOCCOCCOCCOCCO. The summed E-state index contributed by atoms with van der Waals surface area (Å²) in [5.41, 5.74) is 0. The van der Waals surface area contributed by atoms with Gasteiger partial charge in [-0.1, -0.05) is 51.9 Å².